The van der Waals surface area contributed by atoms with Gasteiger partial charge in [-0.15, -0.1) is 0 Å². The molecule has 0 aromatic rings. The molecule has 1 atom stereocenters. The van der Waals surface area contributed by atoms with E-state index in [4.69, 9.17) is 0 Å². The molecule has 0 amide bonds. The maximum absolute atomic E-state index is 3.73. The van der Waals surface area contributed by atoms with E-state index in [-0.39, 0.29) is 0 Å². The lowest BCUT2D eigenvalue weighted by atomic mass is 9.97. The van der Waals surface area contributed by atoms with Gasteiger partial charge in [-0.25, -0.2) is 0 Å². The van der Waals surface area contributed by atoms with Crippen molar-refractivity contribution < 1.29 is 0 Å². The first kappa shape index (κ1) is 15.0. The van der Waals surface area contributed by atoms with Crippen molar-refractivity contribution in [1.82, 2.24) is 10.2 Å². The van der Waals surface area contributed by atoms with Gasteiger partial charge in [0, 0.05) is 12.6 Å². The fraction of sp³-hybridized carbons (Fsp3) is 1.00. The Balaban J connectivity index is 2.43. The van der Waals surface area contributed by atoms with E-state index in [0.29, 0.717) is 0 Å². The highest BCUT2D eigenvalue weighted by Crippen LogP contribution is 2.28. The van der Waals surface area contributed by atoms with Crippen LogP contribution in [0.25, 0.3) is 0 Å². The lowest BCUT2D eigenvalue weighted by molar-refractivity contribution is 0.209. The molecule has 17 heavy (non-hydrogen) atoms. The quantitative estimate of drug-likeness (QED) is 0.665. The van der Waals surface area contributed by atoms with Crippen LogP contribution in [-0.2, 0) is 0 Å². The summed E-state index contributed by atoms with van der Waals surface area (Å²) in [6, 6.07) is 0.737. The Bertz CT molecular complexity index is 170. The average Bonchev–Trinajstić information content (AvgIpc) is 2.82. The van der Waals surface area contributed by atoms with Crippen LogP contribution in [0.5, 0.6) is 0 Å². The Labute approximate surface area is 108 Å². The molecule has 0 bridgehead atoms. The maximum atomic E-state index is 3.73. The summed E-state index contributed by atoms with van der Waals surface area (Å²) in [5, 5.41) is 3.73. The third-order valence-electron chi connectivity index (χ3n) is 3.97. The van der Waals surface area contributed by atoms with Crippen molar-refractivity contribution >= 4 is 0 Å². The molecule has 102 valence electrons. The molecule has 0 aliphatic heterocycles. The minimum absolute atomic E-state index is 0.737. The molecular formula is C15H32N2. The molecule has 1 aliphatic rings. The lowest BCUT2D eigenvalue weighted by Gasteiger charge is -2.31. The van der Waals surface area contributed by atoms with Gasteiger partial charge in [0.2, 0.25) is 0 Å². The van der Waals surface area contributed by atoms with E-state index in [1.165, 1.54) is 58.2 Å². The second-order valence-corrected chi connectivity index (χ2v) is 5.51. The van der Waals surface area contributed by atoms with Crippen LogP contribution in [0, 0.1) is 5.92 Å². The Morgan fingerprint density at radius 1 is 1.06 bits per heavy atom. The number of hydrogen-bond donors (Lipinski definition) is 1. The summed E-state index contributed by atoms with van der Waals surface area (Å²) in [5.41, 5.74) is 0. The molecular weight excluding hydrogens is 208 g/mol. The van der Waals surface area contributed by atoms with Crippen molar-refractivity contribution in [3.63, 3.8) is 0 Å². The van der Waals surface area contributed by atoms with Gasteiger partial charge in [0.05, 0.1) is 0 Å². The van der Waals surface area contributed by atoms with Gasteiger partial charge in [-0.2, -0.15) is 0 Å². The van der Waals surface area contributed by atoms with Crippen molar-refractivity contribution in [2.45, 2.75) is 65.3 Å². The molecule has 0 radical (unpaired) electrons. The second-order valence-electron chi connectivity index (χ2n) is 5.51. The standard InChI is InChI=1S/C15H32N2/c1-4-11-17(12-5-2)13-15(16-6-3)14-9-7-8-10-14/h14-16H,4-13H2,1-3H3. The molecule has 1 aliphatic carbocycles. The van der Waals surface area contributed by atoms with Crippen molar-refractivity contribution in [3.05, 3.63) is 0 Å². The van der Waals surface area contributed by atoms with Crippen LogP contribution in [0.15, 0.2) is 0 Å². The number of hydrogen-bond acceptors (Lipinski definition) is 2. The number of rotatable bonds is 9. The molecule has 2 nitrogen and oxygen atoms in total. The van der Waals surface area contributed by atoms with Gasteiger partial charge < -0.3 is 10.2 Å². The highest BCUT2D eigenvalue weighted by Gasteiger charge is 2.25. The van der Waals surface area contributed by atoms with E-state index in [0.717, 1.165) is 18.5 Å². The molecule has 0 heterocycles. The predicted molar refractivity (Wildman–Crippen MR) is 76.4 cm³/mol. The molecule has 0 saturated heterocycles. The zero-order valence-electron chi connectivity index (χ0n) is 12.2. The zero-order valence-corrected chi connectivity index (χ0v) is 12.2. The van der Waals surface area contributed by atoms with Crippen molar-refractivity contribution in [1.29, 1.82) is 0 Å². The smallest absolute Gasteiger partial charge is 0.0223 e. The van der Waals surface area contributed by atoms with E-state index in [1.807, 2.05) is 0 Å². The summed E-state index contributed by atoms with van der Waals surface area (Å²) >= 11 is 0. The first-order valence-corrected chi connectivity index (χ1v) is 7.77. The second kappa shape index (κ2) is 8.93. The molecule has 1 fully saturated rings. The monoisotopic (exact) mass is 240 g/mol. The van der Waals surface area contributed by atoms with Crippen molar-refractivity contribution in [2.75, 3.05) is 26.2 Å². The number of nitrogens with one attached hydrogen (secondary N) is 1. The lowest BCUT2D eigenvalue weighted by Crippen LogP contribution is -2.45. The summed E-state index contributed by atoms with van der Waals surface area (Å²) in [5.74, 6) is 0.936. The summed E-state index contributed by atoms with van der Waals surface area (Å²) < 4.78 is 0. The van der Waals surface area contributed by atoms with Gasteiger partial charge in [0.1, 0.15) is 0 Å². The SMILES string of the molecule is CCCN(CCC)CC(NCC)C1CCCC1. The summed E-state index contributed by atoms with van der Waals surface area (Å²) in [7, 11) is 0. The zero-order chi connectivity index (χ0) is 12.5. The van der Waals surface area contributed by atoms with E-state index in [9.17, 15) is 0 Å². The molecule has 0 spiro atoms. The summed E-state index contributed by atoms with van der Waals surface area (Å²) in [4.78, 5) is 2.66. The molecule has 2 heteroatoms. The molecule has 1 rings (SSSR count). The predicted octanol–water partition coefficient (Wildman–Crippen LogP) is 3.28. The van der Waals surface area contributed by atoms with Gasteiger partial charge in [0.25, 0.3) is 0 Å². The number of nitrogens with zero attached hydrogens (tertiary/aromatic N) is 1. The molecule has 1 N–H and O–H groups in total. The highest BCUT2D eigenvalue weighted by molar-refractivity contribution is 4.83. The van der Waals surface area contributed by atoms with Crippen LogP contribution in [0.4, 0.5) is 0 Å². The van der Waals surface area contributed by atoms with Gasteiger partial charge in [-0.3, -0.25) is 0 Å². The topological polar surface area (TPSA) is 15.3 Å². The van der Waals surface area contributed by atoms with Gasteiger partial charge >= 0.3 is 0 Å². The van der Waals surface area contributed by atoms with Crippen LogP contribution in [0.3, 0.4) is 0 Å². The largest absolute Gasteiger partial charge is 0.313 e. The van der Waals surface area contributed by atoms with Crippen molar-refractivity contribution in [2.24, 2.45) is 5.92 Å². The Morgan fingerprint density at radius 3 is 2.12 bits per heavy atom. The van der Waals surface area contributed by atoms with E-state index < -0.39 is 0 Å². The summed E-state index contributed by atoms with van der Waals surface area (Å²) in [6.45, 7) is 11.7. The van der Waals surface area contributed by atoms with Gasteiger partial charge in [-0.1, -0.05) is 33.6 Å². The van der Waals surface area contributed by atoms with Crippen LogP contribution in [0.1, 0.15) is 59.3 Å². The molecule has 0 aromatic carbocycles. The van der Waals surface area contributed by atoms with Crippen LogP contribution in [-0.4, -0.2) is 37.1 Å². The fourth-order valence-electron chi connectivity index (χ4n) is 3.21. The minimum Gasteiger partial charge on any atom is -0.313 e. The van der Waals surface area contributed by atoms with Gasteiger partial charge in [-0.05, 0) is 51.2 Å². The normalized spacial score (nSPS) is 19.1. The van der Waals surface area contributed by atoms with Gasteiger partial charge in [0.15, 0.2) is 0 Å². The van der Waals surface area contributed by atoms with E-state index in [1.54, 1.807) is 0 Å². The Kier molecular flexibility index (Phi) is 7.87. The van der Waals surface area contributed by atoms with E-state index in [2.05, 4.69) is 31.0 Å². The number of likely N-dealkylation sites (N-methyl/N-ethyl adjacent to an activating group) is 1. The fourth-order valence-corrected chi connectivity index (χ4v) is 3.21. The van der Waals surface area contributed by atoms with Crippen molar-refractivity contribution in [3.8, 4) is 0 Å². The first-order valence-electron chi connectivity index (χ1n) is 7.77. The summed E-state index contributed by atoms with van der Waals surface area (Å²) in [6.07, 6.45) is 8.36. The average molecular weight is 240 g/mol. The Morgan fingerprint density at radius 2 is 1.65 bits per heavy atom. The molecule has 0 aromatic heterocycles. The third-order valence-corrected chi connectivity index (χ3v) is 3.97. The van der Waals surface area contributed by atoms with Crippen LogP contribution >= 0.6 is 0 Å². The Hall–Kier alpha value is -0.0800. The first-order chi connectivity index (χ1) is 8.31. The van der Waals surface area contributed by atoms with Crippen LogP contribution in [0.2, 0.25) is 0 Å². The maximum Gasteiger partial charge on any atom is 0.0223 e. The molecule has 1 unspecified atom stereocenters. The highest BCUT2D eigenvalue weighted by atomic mass is 15.1. The minimum atomic E-state index is 0.737. The van der Waals surface area contributed by atoms with E-state index >= 15 is 0 Å². The third kappa shape index (κ3) is 5.39. The molecule has 1 saturated carbocycles. The van der Waals surface area contributed by atoms with Crippen LogP contribution < -0.4 is 5.32 Å².